The van der Waals surface area contributed by atoms with Crippen LogP contribution in [0.5, 0.6) is 0 Å². The van der Waals surface area contributed by atoms with E-state index in [1.807, 2.05) is 30.0 Å². The number of benzene rings is 1. The average Bonchev–Trinajstić information content (AvgIpc) is 2.73. The van der Waals surface area contributed by atoms with Crippen LogP contribution in [0.3, 0.4) is 0 Å². The number of anilines is 1. The van der Waals surface area contributed by atoms with Gasteiger partial charge < -0.3 is 4.90 Å². The SMILES string of the molecule is CC(C(=O)c1ccccc1)N1CCCn2c1nc(-c1ccncn1)cc2=O. The van der Waals surface area contributed by atoms with Crippen LogP contribution in [-0.4, -0.2) is 37.9 Å². The van der Waals surface area contributed by atoms with E-state index < -0.39 is 6.04 Å². The van der Waals surface area contributed by atoms with E-state index in [0.29, 0.717) is 36.0 Å². The minimum atomic E-state index is -0.425. The van der Waals surface area contributed by atoms with Crippen LogP contribution >= 0.6 is 0 Å². The minimum absolute atomic E-state index is 0.00531. The van der Waals surface area contributed by atoms with Crippen molar-refractivity contribution in [3.05, 3.63) is 70.9 Å². The van der Waals surface area contributed by atoms with Gasteiger partial charge in [0.05, 0.1) is 17.4 Å². The third-order valence-electron chi connectivity index (χ3n) is 4.78. The molecule has 0 aliphatic carbocycles. The molecule has 7 heteroatoms. The van der Waals surface area contributed by atoms with Gasteiger partial charge in [0.25, 0.3) is 5.56 Å². The molecule has 2 aromatic heterocycles. The standard InChI is InChI=1S/C20H19N5O2/c1-14(19(27)15-6-3-2-4-7-15)24-10-5-11-25-18(26)12-17(23-20(24)25)16-8-9-21-13-22-16/h2-4,6-9,12-14H,5,10-11H2,1H3. The number of hydrogen-bond donors (Lipinski definition) is 0. The van der Waals surface area contributed by atoms with E-state index >= 15 is 0 Å². The summed E-state index contributed by atoms with van der Waals surface area (Å²) < 4.78 is 1.63. The smallest absolute Gasteiger partial charge is 0.255 e. The summed E-state index contributed by atoms with van der Waals surface area (Å²) >= 11 is 0. The van der Waals surface area contributed by atoms with Gasteiger partial charge in [-0.15, -0.1) is 0 Å². The monoisotopic (exact) mass is 361 g/mol. The van der Waals surface area contributed by atoms with Crippen LogP contribution < -0.4 is 10.5 Å². The molecule has 1 aliphatic heterocycles. The number of aromatic nitrogens is 4. The molecule has 136 valence electrons. The van der Waals surface area contributed by atoms with Gasteiger partial charge in [0.15, 0.2) is 5.78 Å². The van der Waals surface area contributed by atoms with E-state index in [1.54, 1.807) is 29.0 Å². The second-order valence-corrected chi connectivity index (χ2v) is 6.48. The van der Waals surface area contributed by atoms with Crippen molar-refractivity contribution in [2.75, 3.05) is 11.4 Å². The topological polar surface area (TPSA) is 81.0 Å². The lowest BCUT2D eigenvalue weighted by Gasteiger charge is -2.34. The molecule has 7 nitrogen and oxygen atoms in total. The van der Waals surface area contributed by atoms with Gasteiger partial charge in [-0.3, -0.25) is 14.2 Å². The molecule has 0 bridgehead atoms. The van der Waals surface area contributed by atoms with Crippen LogP contribution in [0.1, 0.15) is 23.7 Å². The van der Waals surface area contributed by atoms with Crippen LogP contribution in [0.15, 0.2) is 59.8 Å². The van der Waals surface area contributed by atoms with Gasteiger partial charge >= 0.3 is 0 Å². The first-order valence-electron chi connectivity index (χ1n) is 8.89. The lowest BCUT2D eigenvalue weighted by Crippen LogP contribution is -2.46. The largest absolute Gasteiger partial charge is 0.332 e. The minimum Gasteiger partial charge on any atom is -0.332 e. The van der Waals surface area contributed by atoms with Gasteiger partial charge in [-0.05, 0) is 19.4 Å². The predicted octanol–water partition coefficient (Wildman–Crippen LogP) is 2.18. The Morgan fingerprint density at radius 1 is 1.11 bits per heavy atom. The van der Waals surface area contributed by atoms with Crippen molar-refractivity contribution in [3.8, 4) is 11.4 Å². The Morgan fingerprint density at radius 2 is 1.93 bits per heavy atom. The molecule has 1 aliphatic rings. The molecular weight excluding hydrogens is 342 g/mol. The van der Waals surface area contributed by atoms with Crippen LogP contribution in [0.25, 0.3) is 11.4 Å². The Hall–Kier alpha value is -3.35. The number of hydrogen-bond acceptors (Lipinski definition) is 6. The molecule has 1 aromatic carbocycles. The lowest BCUT2D eigenvalue weighted by atomic mass is 10.0. The summed E-state index contributed by atoms with van der Waals surface area (Å²) in [6.45, 7) is 3.11. The highest BCUT2D eigenvalue weighted by Gasteiger charge is 2.29. The number of carbonyl (C=O) groups excluding carboxylic acids is 1. The van der Waals surface area contributed by atoms with Crippen molar-refractivity contribution in [3.63, 3.8) is 0 Å². The summed E-state index contributed by atoms with van der Waals surface area (Å²) in [5, 5.41) is 0. The van der Waals surface area contributed by atoms with Crippen LogP contribution in [0.2, 0.25) is 0 Å². The highest BCUT2D eigenvalue weighted by molar-refractivity contribution is 6.01. The summed E-state index contributed by atoms with van der Waals surface area (Å²) in [5.41, 5.74) is 1.58. The number of Topliss-reactive ketones (excluding diaryl/α,β-unsaturated/α-hetero) is 1. The second kappa shape index (κ2) is 7.11. The summed E-state index contributed by atoms with van der Waals surface area (Å²) in [6.07, 6.45) is 3.82. The molecule has 4 rings (SSSR count). The summed E-state index contributed by atoms with van der Waals surface area (Å²) in [7, 11) is 0. The maximum absolute atomic E-state index is 12.9. The van der Waals surface area contributed by atoms with E-state index in [9.17, 15) is 9.59 Å². The molecule has 0 fully saturated rings. The fraction of sp³-hybridized carbons (Fsp3) is 0.250. The van der Waals surface area contributed by atoms with Crippen LogP contribution in [0.4, 0.5) is 5.95 Å². The third kappa shape index (κ3) is 3.23. The fourth-order valence-corrected chi connectivity index (χ4v) is 3.35. The summed E-state index contributed by atoms with van der Waals surface area (Å²) in [4.78, 5) is 40.2. The first-order valence-corrected chi connectivity index (χ1v) is 8.89. The maximum atomic E-state index is 12.9. The Labute approximate surface area is 156 Å². The number of carbonyl (C=O) groups is 1. The molecule has 0 N–H and O–H groups in total. The molecule has 0 saturated heterocycles. The van der Waals surface area contributed by atoms with Gasteiger partial charge in [-0.1, -0.05) is 30.3 Å². The Kier molecular flexibility index (Phi) is 4.50. The van der Waals surface area contributed by atoms with Crippen molar-refractivity contribution >= 4 is 11.7 Å². The first kappa shape index (κ1) is 17.1. The highest BCUT2D eigenvalue weighted by atomic mass is 16.1. The van der Waals surface area contributed by atoms with E-state index in [-0.39, 0.29) is 11.3 Å². The molecule has 0 saturated carbocycles. The van der Waals surface area contributed by atoms with Crippen molar-refractivity contribution < 1.29 is 4.79 Å². The molecule has 0 amide bonds. The highest BCUT2D eigenvalue weighted by Crippen LogP contribution is 2.23. The molecule has 3 heterocycles. The lowest BCUT2D eigenvalue weighted by molar-refractivity contribution is 0.0961. The molecule has 0 spiro atoms. The van der Waals surface area contributed by atoms with Gasteiger partial charge in [0.2, 0.25) is 5.95 Å². The summed E-state index contributed by atoms with van der Waals surface area (Å²) in [5.74, 6) is 0.518. The van der Waals surface area contributed by atoms with Crippen molar-refractivity contribution in [2.24, 2.45) is 0 Å². The van der Waals surface area contributed by atoms with Gasteiger partial charge in [0.1, 0.15) is 6.33 Å². The van der Waals surface area contributed by atoms with Crippen molar-refractivity contribution in [1.29, 1.82) is 0 Å². The quantitative estimate of drug-likeness (QED) is 0.663. The van der Waals surface area contributed by atoms with E-state index in [0.717, 1.165) is 6.42 Å². The molecule has 3 aromatic rings. The average molecular weight is 361 g/mol. The predicted molar refractivity (Wildman–Crippen MR) is 102 cm³/mol. The van der Waals surface area contributed by atoms with Gasteiger partial charge in [-0.2, -0.15) is 0 Å². The van der Waals surface area contributed by atoms with Gasteiger partial charge in [0, 0.05) is 30.9 Å². The number of rotatable bonds is 4. The number of nitrogens with zero attached hydrogens (tertiary/aromatic N) is 5. The zero-order valence-electron chi connectivity index (χ0n) is 14.9. The Bertz CT molecular complexity index is 1020. The zero-order chi connectivity index (χ0) is 18.8. The van der Waals surface area contributed by atoms with E-state index in [1.165, 1.54) is 12.4 Å². The van der Waals surface area contributed by atoms with Crippen molar-refractivity contribution in [2.45, 2.75) is 25.9 Å². The Balaban J connectivity index is 1.75. The fourth-order valence-electron chi connectivity index (χ4n) is 3.35. The summed E-state index contributed by atoms with van der Waals surface area (Å²) in [6, 6.07) is 12.0. The second-order valence-electron chi connectivity index (χ2n) is 6.48. The first-order chi connectivity index (χ1) is 13.1. The normalized spacial score (nSPS) is 14.5. The van der Waals surface area contributed by atoms with Crippen molar-refractivity contribution in [1.82, 2.24) is 19.5 Å². The van der Waals surface area contributed by atoms with E-state index in [4.69, 9.17) is 0 Å². The van der Waals surface area contributed by atoms with Crippen LogP contribution in [0, 0.1) is 0 Å². The molecule has 27 heavy (non-hydrogen) atoms. The number of ketones is 1. The molecular formula is C20H19N5O2. The molecule has 1 atom stereocenters. The van der Waals surface area contributed by atoms with Gasteiger partial charge in [-0.25, -0.2) is 15.0 Å². The zero-order valence-corrected chi connectivity index (χ0v) is 14.9. The van der Waals surface area contributed by atoms with E-state index in [2.05, 4.69) is 15.0 Å². The number of fused-ring (bicyclic) bond motifs is 1. The maximum Gasteiger partial charge on any atom is 0.255 e. The molecule has 1 unspecified atom stereocenters. The molecule has 0 radical (unpaired) electrons. The third-order valence-corrected chi connectivity index (χ3v) is 4.78. The Morgan fingerprint density at radius 3 is 2.67 bits per heavy atom. The van der Waals surface area contributed by atoms with Crippen LogP contribution in [-0.2, 0) is 6.54 Å².